The maximum Gasteiger partial charge on any atom is 0.338 e. The molecule has 2 saturated heterocycles. The smallest absolute Gasteiger partial charge is 0.338 e. The number of benzene rings is 1. The van der Waals surface area contributed by atoms with E-state index in [9.17, 15) is 14.4 Å². The number of fused-ring (bicyclic) bond motifs is 3. The van der Waals surface area contributed by atoms with Crippen LogP contribution >= 0.6 is 0 Å². The molecule has 0 aromatic heterocycles. The molecule has 0 amide bonds. The summed E-state index contributed by atoms with van der Waals surface area (Å²) in [6.45, 7) is 2.39. The summed E-state index contributed by atoms with van der Waals surface area (Å²) in [7, 11) is 0. The molecule has 8 heteroatoms. The summed E-state index contributed by atoms with van der Waals surface area (Å²) in [4.78, 5) is 35.2. The molecule has 1 aromatic carbocycles. The molecule has 2 aliphatic heterocycles. The van der Waals surface area contributed by atoms with Gasteiger partial charge in [0, 0.05) is 13.8 Å². The first kappa shape index (κ1) is 17.0. The predicted octanol–water partition coefficient (Wildman–Crippen LogP) is 0.625. The molecule has 26 heavy (non-hydrogen) atoms. The highest BCUT2D eigenvalue weighted by Crippen LogP contribution is 2.57. The lowest BCUT2D eigenvalue weighted by atomic mass is 9.84. The third-order valence-electron chi connectivity index (χ3n) is 4.77. The van der Waals surface area contributed by atoms with E-state index in [2.05, 4.69) is 0 Å². The molecule has 0 spiro atoms. The topological polar surface area (TPSA) is 104 Å². The Morgan fingerprint density at radius 2 is 1.73 bits per heavy atom. The Bertz CT molecular complexity index is 747. The summed E-state index contributed by atoms with van der Waals surface area (Å²) >= 11 is 0. The maximum absolute atomic E-state index is 12.2. The first-order chi connectivity index (χ1) is 12.4. The van der Waals surface area contributed by atoms with Crippen molar-refractivity contribution in [3.8, 4) is 0 Å². The van der Waals surface area contributed by atoms with Gasteiger partial charge in [-0.2, -0.15) is 0 Å². The van der Waals surface area contributed by atoms with Gasteiger partial charge in [-0.1, -0.05) is 18.2 Å². The number of epoxide rings is 2. The summed E-state index contributed by atoms with van der Waals surface area (Å²) in [5.41, 5.74) is -0.661. The Morgan fingerprint density at radius 3 is 2.38 bits per heavy atom. The van der Waals surface area contributed by atoms with Crippen LogP contribution in [0.4, 0.5) is 0 Å². The Kier molecular flexibility index (Phi) is 3.96. The molecule has 1 aliphatic carbocycles. The minimum absolute atomic E-state index is 0.131. The molecule has 0 bridgehead atoms. The van der Waals surface area contributed by atoms with Crippen LogP contribution in [0.2, 0.25) is 0 Å². The zero-order valence-corrected chi connectivity index (χ0v) is 14.2. The van der Waals surface area contributed by atoms with Crippen LogP contribution in [0.25, 0.3) is 0 Å². The quantitative estimate of drug-likeness (QED) is 0.427. The molecule has 0 unspecified atom stereocenters. The van der Waals surface area contributed by atoms with Crippen molar-refractivity contribution in [2.45, 2.75) is 50.0 Å². The third kappa shape index (κ3) is 2.85. The van der Waals surface area contributed by atoms with E-state index in [0.29, 0.717) is 5.56 Å². The Balaban J connectivity index is 1.52. The predicted molar refractivity (Wildman–Crippen MR) is 84.1 cm³/mol. The fourth-order valence-corrected chi connectivity index (χ4v) is 3.57. The van der Waals surface area contributed by atoms with Crippen molar-refractivity contribution in [2.75, 3.05) is 6.61 Å². The molecule has 8 nitrogen and oxygen atoms in total. The molecular formula is C18H18O8. The second-order valence-electron chi connectivity index (χ2n) is 6.60. The van der Waals surface area contributed by atoms with E-state index < -0.39 is 35.7 Å². The Labute approximate surface area is 149 Å². The minimum atomic E-state index is -1.06. The Morgan fingerprint density at radius 1 is 1.04 bits per heavy atom. The average molecular weight is 362 g/mol. The summed E-state index contributed by atoms with van der Waals surface area (Å²) in [5, 5.41) is 0. The first-order valence-electron chi connectivity index (χ1n) is 8.32. The summed E-state index contributed by atoms with van der Waals surface area (Å²) in [6.07, 6.45) is -2.71. The van der Waals surface area contributed by atoms with Crippen LogP contribution in [0.3, 0.4) is 0 Å². The van der Waals surface area contributed by atoms with Crippen LogP contribution in [0.5, 0.6) is 0 Å². The molecule has 3 aliphatic rings. The van der Waals surface area contributed by atoms with Crippen LogP contribution in [-0.4, -0.2) is 60.6 Å². The van der Waals surface area contributed by atoms with Gasteiger partial charge in [0.25, 0.3) is 0 Å². The van der Waals surface area contributed by atoms with Gasteiger partial charge in [-0.15, -0.1) is 0 Å². The summed E-state index contributed by atoms with van der Waals surface area (Å²) in [6, 6.07) is 8.52. The number of hydrogen-bond acceptors (Lipinski definition) is 8. The van der Waals surface area contributed by atoms with E-state index in [0.717, 1.165) is 0 Å². The molecule has 1 aromatic rings. The summed E-state index contributed by atoms with van der Waals surface area (Å²) in [5.74, 6) is -1.58. The van der Waals surface area contributed by atoms with E-state index in [1.165, 1.54) is 13.8 Å². The van der Waals surface area contributed by atoms with Crippen molar-refractivity contribution in [1.82, 2.24) is 0 Å². The fraction of sp³-hybridized carbons (Fsp3) is 0.500. The van der Waals surface area contributed by atoms with Crippen molar-refractivity contribution in [1.29, 1.82) is 0 Å². The minimum Gasteiger partial charge on any atom is -0.459 e. The van der Waals surface area contributed by atoms with Gasteiger partial charge in [0.15, 0.2) is 17.8 Å². The van der Waals surface area contributed by atoms with E-state index in [4.69, 9.17) is 23.7 Å². The van der Waals surface area contributed by atoms with E-state index in [1.807, 2.05) is 0 Å². The molecule has 138 valence electrons. The SMILES string of the molecule is CC(=O)O[C@@H]1[C@@H]2O[C@@H]2[C@H]2O[C@@]2(COC(=O)c2ccccc2)[C@H]1OC(C)=O. The van der Waals surface area contributed by atoms with Crippen LogP contribution in [-0.2, 0) is 33.3 Å². The third-order valence-corrected chi connectivity index (χ3v) is 4.77. The van der Waals surface area contributed by atoms with E-state index >= 15 is 0 Å². The molecular weight excluding hydrogens is 344 g/mol. The highest BCUT2D eigenvalue weighted by atomic mass is 16.7. The molecule has 1 saturated carbocycles. The van der Waals surface area contributed by atoms with Gasteiger partial charge in [0.1, 0.15) is 24.9 Å². The fourth-order valence-electron chi connectivity index (χ4n) is 3.57. The molecule has 4 rings (SSSR count). The molecule has 0 N–H and O–H groups in total. The van der Waals surface area contributed by atoms with Crippen molar-refractivity contribution in [3.05, 3.63) is 35.9 Å². The highest BCUT2D eigenvalue weighted by molar-refractivity contribution is 5.89. The lowest BCUT2D eigenvalue weighted by Crippen LogP contribution is -2.55. The lowest BCUT2D eigenvalue weighted by molar-refractivity contribution is -0.175. The highest BCUT2D eigenvalue weighted by Gasteiger charge is 2.81. The van der Waals surface area contributed by atoms with Crippen molar-refractivity contribution in [2.24, 2.45) is 0 Å². The van der Waals surface area contributed by atoms with Crippen LogP contribution in [0.15, 0.2) is 30.3 Å². The van der Waals surface area contributed by atoms with Crippen molar-refractivity contribution < 1.29 is 38.1 Å². The van der Waals surface area contributed by atoms with Gasteiger partial charge < -0.3 is 23.7 Å². The molecule has 3 fully saturated rings. The van der Waals surface area contributed by atoms with Gasteiger partial charge in [0.2, 0.25) is 0 Å². The normalized spacial score (nSPS) is 36.2. The van der Waals surface area contributed by atoms with Crippen LogP contribution < -0.4 is 0 Å². The number of carbonyl (C=O) groups is 3. The van der Waals surface area contributed by atoms with E-state index in [1.54, 1.807) is 30.3 Å². The largest absolute Gasteiger partial charge is 0.459 e. The van der Waals surface area contributed by atoms with Crippen molar-refractivity contribution >= 4 is 17.9 Å². The standard InChI is InChI=1S/C18H18O8/c1-9(19)23-13-12-14(25-12)16-18(26-16,15(13)24-10(2)20)8-22-17(21)11-6-4-3-5-7-11/h3-7,12-16H,8H2,1-2H3/t12-,13+,14-,15-,16+,18-/m0/s1. The van der Waals surface area contributed by atoms with Gasteiger partial charge in [-0.3, -0.25) is 9.59 Å². The van der Waals surface area contributed by atoms with Gasteiger partial charge in [-0.25, -0.2) is 4.79 Å². The number of ether oxygens (including phenoxy) is 5. The van der Waals surface area contributed by atoms with Crippen LogP contribution in [0, 0.1) is 0 Å². The van der Waals surface area contributed by atoms with Crippen molar-refractivity contribution in [3.63, 3.8) is 0 Å². The van der Waals surface area contributed by atoms with Gasteiger partial charge >= 0.3 is 17.9 Å². The second kappa shape index (κ2) is 6.07. The molecule has 2 heterocycles. The van der Waals surface area contributed by atoms with Gasteiger partial charge in [0.05, 0.1) is 5.56 Å². The second-order valence-corrected chi connectivity index (χ2v) is 6.60. The maximum atomic E-state index is 12.2. The Hall–Kier alpha value is -2.45. The number of rotatable bonds is 5. The summed E-state index contributed by atoms with van der Waals surface area (Å²) < 4.78 is 27.4. The number of carbonyl (C=O) groups excluding carboxylic acids is 3. The monoisotopic (exact) mass is 362 g/mol. The van der Waals surface area contributed by atoms with E-state index in [-0.39, 0.29) is 24.9 Å². The first-order valence-corrected chi connectivity index (χ1v) is 8.32. The number of esters is 3. The molecule has 0 radical (unpaired) electrons. The average Bonchev–Trinajstić information content (AvgIpc) is 3.49. The molecule has 6 atom stereocenters. The zero-order chi connectivity index (χ0) is 18.5. The number of hydrogen-bond donors (Lipinski definition) is 0. The van der Waals surface area contributed by atoms with Gasteiger partial charge in [-0.05, 0) is 12.1 Å². The van der Waals surface area contributed by atoms with Crippen LogP contribution in [0.1, 0.15) is 24.2 Å². The zero-order valence-electron chi connectivity index (χ0n) is 14.2. The lowest BCUT2D eigenvalue weighted by Gasteiger charge is -2.32.